The van der Waals surface area contributed by atoms with Crippen molar-refractivity contribution in [2.75, 3.05) is 39.9 Å². The van der Waals surface area contributed by atoms with E-state index in [0.29, 0.717) is 34.6 Å². The van der Waals surface area contributed by atoms with E-state index in [4.69, 9.17) is 14.2 Å². The molecule has 22 rings (SSSR count). The van der Waals surface area contributed by atoms with Crippen molar-refractivity contribution in [1.82, 2.24) is 121 Å². The summed E-state index contributed by atoms with van der Waals surface area (Å²) in [4.78, 5) is 44.9. The number of fused-ring (bicyclic) bond motifs is 5. The van der Waals surface area contributed by atoms with Crippen LogP contribution in [-0.4, -0.2) is 143 Å². The average Bonchev–Trinajstić information content (AvgIpc) is 1.66. The molecule has 0 aliphatic carbocycles. The quantitative estimate of drug-likeness (QED) is 0.0446. The first-order valence-corrected chi connectivity index (χ1v) is 42.4. The minimum absolute atomic E-state index is 0.244. The van der Waals surface area contributed by atoms with Crippen molar-refractivity contribution < 1.29 is 22.6 Å². The summed E-state index contributed by atoms with van der Waals surface area (Å²) in [5.74, 6) is 7.22. The molecule has 0 amide bonds. The summed E-state index contributed by atoms with van der Waals surface area (Å²) >= 11 is 0. The van der Waals surface area contributed by atoms with Crippen LogP contribution >= 0.6 is 0 Å². The fourth-order valence-electron chi connectivity index (χ4n) is 14.0. The molecule has 0 saturated heterocycles. The Morgan fingerprint density at radius 3 is 0.838 bits per heavy atom. The number of anilines is 10. The third-order valence-electron chi connectivity index (χ3n) is 20.2. The monoisotopic (exact) mass is 1740 g/mol. The molecule has 644 valence electrons. The number of methoxy groups -OCH3 is 1. The molecule has 0 atom stereocenters. The Bertz CT molecular complexity index is 7770. The van der Waals surface area contributed by atoms with E-state index in [-0.39, 0.29) is 4.90 Å². The summed E-state index contributed by atoms with van der Waals surface area (Å²) in [5, 5.41) is 37.5. The third-order valence-corrected chi connectivity index (χ3v) is 21.3. The van der Waals surface area contributed by atoms with Gasteiger partial charge in [-0.3, -0.25) is 45.4 Å². The van der Waals surface area contributed by atoms with Crippen LogP contribution in [0.25, 0.3) is 84.5 Å². The molecule has 0 unspecified atom stereocenters. The maximum absolute atomic E-state index is 11.7. The number of imidazole rings is 5. The van der Waals surface area contributed by atoms with Crippen molar-refractivity contribution in [3.63, 3.8) is 0 Å². The van der Waals surface area contributed by atoms with E-state index < -0.39 is 9.84 Å². The van der Waals surface area contributed by atoms with Crippen LogP contribution in [0.15, 0.2) is 348 Å². The van der Waals surface area contributed by atoms with Crippen LogP contribution < -0.4 is 40.8 Å². The Labute approximate surface area is 742 Å². The van der Waals surface area contributed by atoms with E-state index in [9.17, 15) is 8.42 Å². The van der Waals surface area contributed by atoms with Crippen LogP contribution in [0.2, 0.25) is 0 Å². The van der Waals surface area contributed by atoms with Gasteiger partial charge in [-0.05, 0) is 115 Å². The first kappa shape index (κ1) is 83.0. The second-order valence-electron chi connectivity index (χ2n) is 29.5. The first-order chi connectivity index (χ1) is 63.5. The normalized spacial score (nSPS) is 11.1. The molecule has 7 aromatic carbocycles. The fraction of sp³-hybridized carbons (Fsp3) is 0.0745. The minimum Gasteiger partial charge on any atom is -0.497 e. The van der Waals surface area contributed by atoms with Crippen LogP contribution in [0.1, 0.15) is 0 Å². The second kappa shape index (κ2) is 37.2. The van der Waals surface area contributed by atoms with E-state index in [1.807, 2.05) is 333 Å². The summed E-state index contributed by atoms with van der Waals surface area (Å²) in [6.45, 7) is 0. The molecule has 36 heteroatoms. The van der Waals surface area contributed by atoms with Gasteiger partial charge in [0.05, 0.1) is 102 Å². The van der Waals surface area contributed by atoms with Crippen LogP contribution in [-0.2, 0) is 45.1 Å². The molecule has 15 heterocycles. The van der Waals surface area contributed by atoms with Gasteiger partial charge in [0.25, 0.3) is 0 Å². The highest BCUT2D eigenvalue weighted by Gasteiger charge is 2.20. The third kappa shape index (κ3) is 19.1. The van der Waals surface area contributed by atoms with Gasteiger partial charge in [0.1, 0.15) is 28.7 Å². The SMILES string of the molecule is COc1ccc(Nc2nccn3c(-c4cnn(C)c4)cnc23)cc1.Cn1cc(-c2cnc3c(Nc4ccc(Oc5ccccc5)cc4)nccn23)cn1.Cn1cc(-c2cnc3c(Nc4cccc(Oc5ccccc5)c4)nccn23)cn1.Cn1cc(-c2cnc3c(Nc4cccc(S(C)(=O)=O)c4)nccn23)cn1.Cn1cc(-c2cnc3c(Nc4ccccc4)nccn23)cn1. The van der Waals surface area contributed by atoms with Crippen LogP contribution in [0, 0.1) is 0 Å². The molecular formula is C94H82N30O5S. The molecule has 0 aliphatic rings. The zero-order valence-corrected chi connectivity index (χ0v) is 71.8. The summed E-state index contributed by atoms with van der Waals surface area (Å²) in [6.07, 6.45) is 47.2. The Kier molecular flexibility index (Phi) is 23.8. The van der Waals surface area contributed by atoms with Crippen molar-refractivity contribution >= 4 is 95.6 Å². The summed E-state index contributed by atoms with van der Waals surface area (Å²) in [5.41, 5.74) is 17.7. The van der Waals surface area contributed by atoms with Crippen molar-refractivity contribution in [2.24, 2.45) is 35.2 Å². The number of hydrogen-bond acceptors (Lipinski definition) is 25. The molecule has 0 spiro atoms. The molecule has 22 aromatic rings. The van der Waals surface area contributed by atoms with Crippen molar-refractivity contribution in [1.29, 1.82) is 0 Å². The van der Waals surface area contributed by atoms with Gasteiger partial charge in [-0.2, -0.15) is 25.5 Å². The highest BCUT2D eigenvalue weighted by Crippen LogP contribution is 2.34. The van der Waals surface area contributed by atoms with E-state index in [1.165, 1.54) is 6.26 Å². The summed E-state index contributed by atoms with van der Waals surface area (Å²) in [6, 6.07) is 59.1. The number of benzene rings is 7. The zero-order valence-electron chi connectivity index (χ0n) is 71.0. The van der Waals surface area contributed by atoms with Gasteiger partial charge in [0.2, 0.25) is 0 Å². The molecule has 15 aromatic heterocycles. The molecular weight excluding hydrogens is 1660 g/mol. The lowest BCUT2D eigenvalue weighted by atomic mass is 10.3. The number of rotatable bonds is 21. The fourth-order valence-corrected chi connectivity index (χ4v) is 14.7. The lowest BCUT2D eigenvalue weighted by Crippen LogP contribution is -2.01. The number of para-hydroxylation sites is 3. The molecule has 0 fully saturated rings. The number of aromatic nitrogens is 25. The van der Waals surface area contributed by atoms with Crippen molar-refractivity contribution in [3.05, 3.63) is 343 Å². The van der Waals surface area contributed by atoms with Crippen molar-refractivity contribution in [3.8, 4) is 85.0 Å². The molecule has 0 aliphatic heterocycles. The zero-order chi connectivity index (χ0) is 89.0. The number of sulfone groups is 1. The molecule has 130 heavy (non-hydrogen) atoms. The van der Waals surface area contributed by atoms with Gasteiger partial charge in [0, 0.05) is 197 Å². The number of hydrogen-bond donors (Lipinski definition) is 5. The highest BCUT2D eigenvalue weighted by molar-refractivity contribution is 7.90. The van der Waals surface area contributed by atoms with Gasteiger partial charge in [-0.15, -0.1) is 0 Å². The largest absolute Gasteiger partial charge is 0.497 e. The van der Waals surface area contributed by atoms with E-state index in [2.05, 4.69) is 102 Å². The molecule has 0 radical (unpaired) electrons. The highest BCUT2D eigenvalue weighted by atomic mass is 32.2. The number of nitrogens with zero attached hydrogens (tertiary/aromatic N) is 25. The van der Waals surface area contributed by atoms with E-state index in [1.54, 1.807) is 98.2 Å². The second-order valence-corrected chi connectivity index (χ2v) is 31.5. The van der Waals surface area contributed by atoms with Gasteiger partial charge < -0.3 is 40.8 Å². The van der Waals surface area contributed by atoms with Crippen LogP contribution in [0.5, 0.6) is 28.7 Å². The molecule has 35 nitrogen and oxygen atoms in total. The van der Waals surface area contributed by atoms with Gasteiger partial charge in [-0.1, -0.05) is 66.7 Å². The first-order valence-electron chi connectivity index (χ1n) is 40.6. The van der Waals surface area contributed by atoms with E-state index in [0.717, 1.165) is 136 Å². The summed E-state index contributed by atoms with van der Waals surface area (Å²) < 4.78 is 59.2. The average molecular weight is 1740 g/mol. The Morgan fingerprint density at radius 2 is 0.531 bits per heavy atom. The van der Waals surface area contributed by atoms with Crippen molar-refractivity contribution in [2.45, 2.75) is 4.90 Å². The maximum Gasteiger partial charge on any atom is 0.180 e. The number of nitrogens with one attached hydrogen (secondary N) is 5. The molecule has 5 N–H and O–H groups in total. The lowest BCUT2D eigenvalue weighted by molar-refractivity contribution is 0.415. The van der Waals surface area contributed by atoms with E-state index >= 15 is 0 Å². The van der Waals surface area contributed by atoms with Gasteiger partial charge >= 0.3 is 0 Å². The van der Waals surface area contributed by atoms with Crippen LogP contribution in [0.4, 0.5) is 57.5 Å². The number of aryl methyl sites for hydroxylation is 5. The minimum atomic E-state index is -3.28. The maximum atomic E-state index is 11.7. The Hall–Kier alpha value is -18.0. The smallest absolute Gasteiger partial charge is 0.180 e. The van der Waals surface area contributed by atoms with Crippen LogP contribution in [0.3, 0.4) is 0 Å². The number of ether oxygens (including phenoxy) is 3. The lowest BCUT2D eigenvalue weighted by Gasteiger charge is -2.10. The summed E-state index contributed by atoms with van der Waals surface area (Å²) in [7, 11) is 7.81. The molecule has 0 bridgehead atoms. The molecule has 0 saturated carbocycles. The Balaban J connectivity index is 0.000000110. The Morgan fingerprint density at radius 1 is 0.269 bits per heavy atom. The standard InChI is InChI=1S/2C22H18N6O.C17H16N6O2S.C17H16N6O.C16H14N6/c1-27-15-16(13-25-27)20-14-24-22-21(23-10-11-28(20)22)26-17-6-5-9-19(12-17)29-18-7-3-2-4-8-18;1-27-15-16(13-25-27)20-14-24-22-21(23-11-12-28(20)22)26-17-7-9-19(10-8-17)29-18-5-3-2-4-6-18;1-22-11-12(9-20-22)15-10-19-17-16(18-6-7-23(15)17)21-13-4-3-5-14(8-13)26(2,24)25;1-22-11-12(9-20-22)15-10-19-17-16(18-7-8-23(15)17)21-13-3-5-14(24-2)6-4-13;1-21-11-12(9-19-21)14-10-18-16-15(17-7-8-22(14)16)20-13-5-3-2-4-6-13/h2*2-15H,1H3,(H,23,26);3-11H,1-2H3,(H,18,21);3-11H,1-2H3,(H,18,21);2-11H,1H3,(H,17,20). The predicted octanol–water partition coefficient (Wildman–Crippen LogP) is 17.4. The van der Waals surface area contributed by atoms with Gasteiger partial charge in [-0.25, -0.2) is 58.3 Å². The van der Waals surface area contributed by atoms with Gasteiger partial charge in [0.15, 0.2) is 67.2 Å². The topological polar surface area (TPSA) is 362 Å². The predicted molar refractivity (Wildman–Crippen MR) is 497 cm³/mol.